The molecule has 0 bridgehead atoms. The molecule has 174 valence electrons. The lowest BCUT2D eigenvalue weighted by atomic mass is 10.2. The minimum absolute atomic E-state index is 0.130. The SMILES string of the molecule is CCOc1ccccc1-n1c(O)c(C(=NCCCN(C)C)Nc2ccccc2)c(=O)[nH]c1=O. The fourth-order valence-corrected chi connectivity index (χ4v) is 3.30. The Hall–Kier alpha value is -3.85. The van der Waals surface area contributed by atoms with Crippen LogP contribution < -0.4 is 21.3 Å². The predicted molar refractivity (Wildman–Crippen MR) is 130 cm³/mol. The number of hydrogen-bond acceptors (Lipinski definition) is 6. The summed E-state index contributed by atoms with van der Waals surface area (Å²) < 4.78 is 6.63. The first-order chi connectivity index (χ1) is 15.9. The molecular weight excluding hydrogens is 422 g/mol. The minimum atomic E-state index is -0.778. The summed E-state index contributed by atoms with van der Waals surface area (Å²) in [7, 11) is 3.93. The molecule has 0 aliphatic carbocycles. The molecule has 0 saturated heterocycles. The number of aromatic amines is 1. The van der Waals surface area contributed by atoms with Crippen molar-refractivity contribution in [2.75, 3.05) is 39.1 Å². The zero-order valence-electron chi connectivity index (χ0n) is 19.0. The van der Waals surface area contributed by atoms with Gasteiger partial charge in [0.2, 0.25) is 5.88 Å². The van der Waals surface area contributed by atoms with Gasteiger partial charge >= 0.3 is 5.69 Å². The molecular formula is C24H29N5O4. The van der Waals surface area contributed by atoms with E-state index >= 15 is 0 Å². The third-order valence-corrected chi connectivity index (χ3v) is 4.80. The first kappa shape index (κ1) is 23.8. The Bertz CT molecular complexity index is 1220. The second-order valence-corrected chi connectivity index (χ2v) is 7.57. The second kappa shape index (κ2) is 11.1. The molecule has 33 heavy (non-hydrogen) atoms. The van der Waals surface area contributed by atoms with Crippen molar-refractivity contribution in [1.29, 1.82) is 0 Å². The molecule has 9 nitrogen and oxygen atoms in total. The Labute approximate surface area is 192 Å². The molecule has 0 atom stereocenters. The molecule has 0 aliphatic rings. The molecule has 0 fully saturated rings. The van der Waals surface area contributed by atoms with Gasteiger partial charge in [0.25, 0.3) is 5.56 Å². The molecule has 2 aromatic carbocycles. The quantitative estimate of drug-likeness (QED) is 0.262. The molecule has 0 amide bonds. The Kier molecular flexibility index (Phi) is 8.04. The van der Waals surface area contributed by atoms with E-state index in [0.29, 0.717) is 30.3 Å². The number of nitrogens with one attached hydrogen (secondary N) is 2. The second-order valence-electron chi connectivity index (χ2n) is 7.57. The van der Waals surface area contributed by atoms with Gasteiger partial charge in [-0.1, -0.05) is 30.3 Å². The lowest BCUT2D eigenvalue weighted by Gasteiger charge is -2.17. The number of benzene rings is 2. The van der Waals surface area contributed by atoms with Gasteiger partial charge in [-0.3, -0.25) is 14.8 Å². The number of nitrogens with zero attached hydrogens (tertiary/aromatic N) is 3. The normalized spacial score (nSPS) is 11.6. The van der Waals surface area contributed by atoms with E-state index in [1.54, 1.807) is 24.3 Å². The number of aliphatic imine (C=N–C) groups is 1. The van der Waals surface area contributed by atoms with Crippen molar-refractivity contribution in [3.63, 3.8) is 0 Å². The number of aromatic nitrogens is 2. The summed E-state index contributed by atoms with van der Waals surface area (Å²) in [5, 5.41) is 14.3. The Morgan fingerprint density at radius 1 is 1.12 bits per heavy atom. The van der Waals surface area contributed by atoms with Crippen LogP contribution in [-0.2, 0) is 0 Å². The van der Waals surface area contributed by atoms with Crippen molar-refractivity contribution in [1.82, 2.24) is 14.5 Å². The zero-order chi connectivity index (χ0) is 23.8. The number of hydrogen-bond donors (Lipinski definition) is 3. The number of ether oxygens (including phenoxy) is 1. The van der Waals surface area contributed by atoms with Gasteiger partial charge in [-0.05, 0) is 58.3 Å². The van der Waals surface area contributed by atoms with Crippen molar-refractivity contribution >= 4 is 11.5 Å². The summed E-state index contributed by atoms with van der Waals surface area (Å²) in [5.41, 5.74) is -0.645. The highest BCUT2D eigenvalue weighted by molar-refractivity contribution is 6.09. The number of amidine groups is 1. The molecule has 1 aromatic heterocycles. The van der Waals surface area contributed by atoms with Crippen LogP contribution in [0.3, 0.4) is 0 Å². The summed E-state index contributed by atoms with van der Waals surface area (Å²) in [6.45, 7) is 3.42. The zero-order valence-corrected chi connectivity index (χ0v) is 19.0. The van der Waals surface area contributed by atoms with E-state index in [9.17, 15) is 14.7 Å². The highest BCUT2D eigenvalue weighted by Gasteiger charge is 2.22. The number of H-pyrrole nitrogens is 1. The average Bonchev–Trinajstić information content (AvgIpc) is 2.78. The van der Waals surface area contributed by atoms with E-state index in [2.05, 4.69) is 15.3 Å². The molecule has 9 heteroatoms. The lowest BCUT2D eigenvalue weighted by molar-refractivity contribution is 0.336. The van der Waals surface area contributed by atoms with Gasteiger partial charge in [0.05, 0.1) is 12.3 Å². The van der Waals surface area contributed by atoms with Gasteiger partial charge in [-0.25, -0.2) is 9.36 Å². The van der Waals surface area contributed by atoms with E-state index in [1.807, 2.05) is 56.3 Å². The standard InChI is InChI=1S/C24H29N5O4/c1-4-33-19-14-9-8-13-18(19)29-23(31)20(22(30)27-24(29)32)21(25-15-10-16-28(2)3)26-17-11-6-5-7-12-17/h5-9,11-14,31H,4,10,15-16H2,1-3H3,(H,25,26)(H,27,30,32). The van der Waals surface area contributed by atoms with Crippen LogP contribution in [0.15, 0.2) is 69.2 Å². The van der Waals surface area contributed by atoms with Crippen LogP contribution in [0.1, 0.15) is 18.9 Å². The summed E-state index contributed by atoms with van der Waals surface area (Å²) >= 11 is 0. The maximum Gasteiger partial charge on any atom is 0.335 e. The lowest BCUT2D eigenvalue weighted by Crippen LogP contribution is -2.35. The van der Waals surface area contributed by atoms with E-state index < -0.39 is 17.1 Å². The fraction of sp³-hybridized carbons (Fsp3) is 0.292. The fourth-order valence-electron chi connectivity index (χ4n) is 3.30. The van der Waals surface area contributed by atoms with Crippen LogP contribution in [0, 0.1) is 0 Å². The maximum atomic E-state index is 12.8. The Balaban J connectivity index is 2.14. The van der Waals surface area contributed by atoms with Crippen LogP contribution in [0.2, 0.25) is 0 Å². The summed E-state index contributed by atoms with van der Waals surface area (Å²) in [4.78, 5) is 34.4. The molecule has 1 heterocycles. The predicted octanol–water partition coefficient (Wildman–Crippen LogP) is 2.44. The van der Waals surface area contributed by atoms with Gasteiger partial charge in [0.1, 0.15) is 17.1 Å². The van der Waals surface area contributed by atoms with Crippen LogP contribution in [0.4, 0.5) is 5.69 Å². The van der Waals surface area contributed by atoms with Crippen LogP contribution in [0.5, 0.6) is 11.6 Å². The molecule has 0 unspecified atom stereocenters. The van der Waals surface area contributed by atoms with Crippen molar-refractivity contribution in [3.05, 3.63) is 81.0 Å². The van der Waals surface area contributed by atoms with Gasteiger partial charge < -0.3 is 20.1 Å². The number of rotatable bonds is 9. The van der Waals surface area contributed by atoms with Gasteiger partial charge in [-0.2, -0.15) is 0 Å². The van der Waals surface area contributed by atoms with Crippen molar-refractivity contribution < 1.29 is 9.84 Å². The number of para-hydroxylation sites is 3. The van der Waals surface area contributed by atoms with E-state index in [1.165, 1.54) is 0 Å². The van der Waals surface area contributed by atoms with Gasteiger partial charge in [-0.15, -0.1) is 0 Å². The van der Waals surface area contributed by atoms with Crippen molar-refractivity contribution in [2.45, 2.75) is 13.3 Å². The highest BCUT2D eigenvalue weighted by atomic mass is 16.5. The Morgan fingerprint density at radius 2 is 1.82 bits per heavy atom. The Morgan fingerprint density at radius 3 is 2.52 bits per heavy atom. The molecule has 3 rings (SSSR count). The largest absolute Gasteiger partial charge is 0.493 e. The summed E-state index contributed by atoms with van der Waals surface area (Å²) in [5.74, 6) is 0.0444. The molecule has 3 aromatic rings. The van der Waals surface area contributed by atoms with Gasteiger partial charge in [0, 0.05) is 12.2 Å². The third kappa shape index (κ3) is 5.89. The average molecular weight is 452 g/mol. The first-order valence-corrected chi connectivity index (χ1v) is 10.7. The summed E-state index contributed by atoms with van der Waals surface area (Å²) in [6, 6.07) is 16.0. The van der Waals surface area contributed by atoms with Crippen molar-refractivity contribution in [3.8, 4) is 17.3 Å². The molecule has 0 saturated carbocycles. The maximum absolute atomic E-state index is 12.8. The number of aromatic hydroxyl groups is 1. The molecule has 0 radical (unpaired) electrons. The van der Waals surface area contributed by atoms with Crippen LogP contribution in [0.25, 0.3) is 5.69 Å². The van der Waals surface area contributed by atoms with Crippen LogP contribution >= 0.6 is 0 Å². The van der Waals surface area contributed by atoms with E-state index in [0.717, 1.165) is 17.5 Å². The topological polar surface area (TPSA) is 112 Å². The monoisotopic (exact) mass is 451 g/mol. The van der Waals surface area contributed by atoms with Crippen molar-refractivity contribution in [2.24, 2.45) is 4.99 Å². The van der Waals surface area contributed by atoms with E-state index in [-0.39, 0.29) is 11.4 Å². The number of anilines is 1. The van der Waals surface area contributed by atoms with Crippen LogP contribution in [-0.4, -0.2) is 59.2 Å². The summed E-state index contributed by atoms with van der Waals surface area (Å²) in [6.07, 6.45) is 0.748. The minimum Gasteiger partial charge on any atom is -0.493 e. The molecule has 0 spiro atoms. The molecule has 0 aliphatic heterocycles. The highest BCUT2D eigenvalue weighted by Crippen LogP contribution is 2.26. The third-order valence-electron chi connectivity index (χ3n) is 4.80. The van der Waals surface area contributed by atoms with Gasteiger partial charge in [0.15, 0.2) is 0 Å². The first-order valence-electron chi connectivity index (χ1n) is 10.7. The smallest absolute Gasteiger partial charge is 0.335 e. The van der Waals surface area contributed by atoms with E-state index in [4.69, 9.17) is 4.74 Å². The molecule has 3 N–H and O–H groups in total.